The van der Waals surface area contributed by atoms with E-state index >= 15 is 0 Å². The number of hydrogen-bond acceptors (Lipinski definition) is 3. The first-order valence-corrected chi connectivity index (χ1v) is 14.9. The van der Waals surface area contributed by atoms with E-state index in [4.69, 9.17) is 0 Å². The lowest BCUT2D eigenvalue weighted by atomic mass is 9.87. The maximum absolute atomic E-state index is 10.1. The van der Waals surface area contributed by atoms with Gasteiger partial charge in [0.05, 0.1) is 11.6 Å². The summed E-state index contributed by atoms with van der Waals surface area (Å²) in [6.07, 6.45) is 0. The molecule has 3 heteroatoms. The van der Waals surface area contributed by atoms with Crippen molar-refractivity contribution in [2.24, 2.45) is 0 Å². The lowest BCUT2D eigenvalue weighted by Gasteiger charge is -2.16. The standard InChI is InChI=1S/C37H21NS2/c38-22-24-9-1-2-10-25(24)32-21-23(26-13-7-15-30-28-11-3-5-16-33(28)40-37(26)30)19-20-27(32)29-14-8-18-35-36(29)31-12-4-6-17-34(31)39-35/h1-21H. The Labute approximate surface area is 239 Å². The van der Waals surface area contributed by atoms with Gasteiger partial charge in [-0.05, 0) is 58.1 Å². The molecule has 0 N–H and O–H groups in total. The zero-order valence-corrected chi connectivity index (χ0v) is 23.0. The Morgan fingerprint density at radius 1 is 0.450 bits per heavy atom. The molecule has 1 nitrogen and oxygen atoms in total. The maximum Gasteiger partial charge on any atom is 0.0998 e. The molecule has 186 valence electrons. The largest absolute Gasteiger partial charge is 0.192 e. The van der Waals surface area contributed by atoms with Gasteiger partial charge in [0.25, 0.3) is 0 Å². The minimum absolute atomic E-state index is 0.684. The van der Waals surface area contributed by atoms with Crippen LogP contribution in [0.2, 0.25) is 0 Å². The van der Waals surface area contributed by atoms with Crippen molar-refractivity contribution in [3.05, 3.63) is 133 Å². The smallest absolute Gasteiger partial charge is 0.0998 e. The molecule has 0 saturated heterocycles. The number of nitriles is 1. The van der Waals surface area contributed by atoms with Gasteiger partial charge in [-0.1, -0.05) is 97.1 Å². The molecule has 6 aromatic carbocycles. The zero-order valence-electron chi connectivity index (χ0n) is 21.4. The maximum atomic E-state index is 10.1. The highest BCUT2D eigenvalue weighted by atomic mass is 32.1. The molecule has 0 aliphatic carbocycles. The number of hydrogen-bond donors (Lipinski definition) is 0. The summed E-state index contributed by atoms with van der Waals surface area (Å²) in [5, 5.41) is 15.2. The van der Waals surface area contributed by atoms with Crippen LogP contribution in [-0.4, -0.2) is 0 Å². The molecular weight excluding hydrogens is 523 g/mol. The van der Waals surface area contributed by atoms with Crippen molar-refractivity contribution < 1.29 is 0 Å². The summed E-state index contributed by atoms with van der Waals surface area (Å²) in [5.74, 6) is 0. The van der Waals surface area contributed by atoms with Gasteiger partial charge in [0.15, 0.2) is 0 Å². The van der Waals surface area contributed by atoms with E-state index in [-0.39, 0.29) is 0 Å². The highest BCUT2D eigenvalue weighted by molar-refractivity contribution is 7.26. The lowest BCUT2D eigenvalue weighted by Crippen LogP contribution is -1.91. The van der Waals surface area contributed by atoms with E-state index in [0.29, 0.717) is 5.56 Å². The third-order valence-corrected chi connectivity index (χ3v) is 10.1. The molecule has 0 fully saturated rings. The Balaban J connectivity index is 1.44. The molecule has 0 radical (unpaired) electrons. The van der Waals surface area contributed by atoms with Gasteiger partial charge in [-0.15, -0.1) is 22.7 Å². The second-order valence-electron chi connectivity index (χ2n) is 9.98. The topological polar surface area (TPSA) is 23.8 Å². The molecule has 0 aliphatic rings. The van der Waals surface area contributed by atoms with Crippen LogP contribution in [0.5, 0.6) is 0 Å². The minimum Gasteiger partial charge on any atom is -0.192 e. The molecule has 8 rings (SSSR count). The minimum atomic E-state index is 0.684. The average molecular weight is 544 g/mol. The Hall–Kier alpha value is -4.75. The number of rotatable bonds is 3. The molecule has 0 spiro atoms. The number of thiophene rings is 2. The second kappa shape index (κ2) is 9.17. The van der Waals surface area contributed by atoms with Crippen molar-refractivity contribution >= 4 is 63.0 Å². The van der Waals surface area contributed by atoms with Crippen LogP contribution in [0, 0.1) is 11.3 Å². The van der Waals surface area contributed by atoms with Crippen LogP contribution >= 0.6 is 22.7 Å². The molecule has 0 bridgehead atoms. The summed E-state index contributed by atoms with van der Waals surface area (Å²) in [6.45, 7) is 0. The summed E-state index contributed by atoms with van der Waals surface area (Å²) in [7, 11) is 0. The molecule has 0 amide bonds. The summed E-state index contributed by atoms with van der Waals surface area (Å²) >= 11 is 3.68. The van der Waals surface area contributed by atoms with Crippen LogP contribution < -0.4 is 0 Å². The van der Waals surface area contributed by atoms with E-state index in [1.165, 1.54) is 51.5 Å². The summed E-state index contributed by atoms with van der Waals surface area (Å²) in [4.78, 5) is 0. The Bertz CT molecular complexity index is 2290. The van der Waals surface area contributed by atoms with Gasteiger partial charge >= 0.3 is 0 Å². The van der Waals surface area contributed by atoms with Gasteiger partial charge in [-0.25, -0.2) is 0 Å². The van der Waals surface area contributed by atoms with Crippen molar-refractivity contribution in [3.63, 3.8) is 0 Å². The first kappa shape index (κ1) is 23.2. The summed E-state index contributed by atoms with van der Waals surface area (Å²) < 4.78 is 5.16. The predicted molar refractivity (Wildman–Crippen MR) is 173 cm³/mol. The fourth-order valence-corrected chi connectivity index (χ4v) is 8.33. The lowest BCUT2D eigenvalue weighted by molar-refractivity contribution is 1.48. The zero-order chi connectivity index (χ0) is 26.6. The third-order valence-electron chi connectivity index (χ3n) is 7.77. The Morgan fingerprint density at radius 3 is 1.98 bits per heavy atom. The van der Waals surface area contributed by atoms with Crippen LogP contribution in [0.15, 0.2) is 127 Å². The third kappa shape index (κ3) is 3.51. The predicted octanol–water partition coefficient (Wildman–Crippen LogP) is 11.3. The molecule has 0 atom stereocenters. The quantitative estimate of drug-likeness (QED) is 0.217. The molecule has 2 heterocycles. The molecule has 0 aliphatic heterocycles. The van der Waals surface area contributed by atoms with Gasteiger partial charge in [-0.2, -0.15) is 5.26 Å². The highest BCUT2D eigenvalue weighted by Gasteiger charge is 2.18. The van der Waals surface area contributed by atoms with Crippen LogP contribution in [0.4, 0.5) is 0 Å². The molecular formula is C37H21NS2. The number of nitrogens with zero attached hydrogens (tertiary/aromatic N) is 1. The SMILES string of the molecule is N#Cc1ccccc1-c1cc(-c2cccc3c2sc2ccccc23)ccc1-c1cccc2sc3ccccc3c12. The molecule has 8 aromatic rings. The molecule has 40 heavy (non-hydrogen) atoms. The van der Waals surface area contributed by atoms with Gasteiger partial charge in [0.2, 0.25) is 0 Å². The van der Waals surface area contributed by atoms with Crippen molar-refractivity contribution in [1.29, 1.82) is 5.26 Å². The first-order valence-electron chi connectivity index (χ1n) is 13.2. The number of benzene rings is 6. The van der Waals surface area contributed by atoms with Crippen molar-refractivity contribution in [3.8, 4) is 39.4 Å². The van der Waals surface area contributed by atoms with Gasteiger partial charge < -0.3 is 0 Å². The van der Waals surface area contributed by atoms with Crippen molar-refractivity contribution in [1.82, 2.24) is 0 Å². The van der Waals surface area contributed by atoms with Crippen LogP contribution in [0.1, 0.15) is 5.56 Å². The van der Waals surface area contributed by atoms with Crippen LogP contribution in [0.3, 0.4) is 0 Å². The monoisotopic (exact) mass is 543 g/mol. The van der Waals surface area contributed by atoms with E-state index in [9.17, 15) is 5.26 Å². The number of fused-ring (bicyclic) bond motifs is 6. The van der Waals surface area contributed by atoms with E-state index < -0.39 is 0 Å². The highest BCUT2D eigenvalue weighted by Crippen LogP contribution is 2.46. The first-order chi connectivity index (χ1) is 19.8. The van der Waals surface area contributed by atoms with Gasteiger partial charge in [-0.3, -0.25) is 0 Å². The van der Waals surface area contributed by atoms with E-state index in [1.54, 1.807) is 0 Å². The normalized spacial score (nSPS) is 11.5. The van der Waals surface area contributed by atoms with E-state index in [2.05, 4.69) is 115 Å². The summed E-state index contributed by atoms with van der Waals surface area (Å²) in [6, 6.07) is 47.7. The Morgan fingerprint density at radius 2 is 1.10 bits per heavy atom. The molecule has 2 aromatic heterocycles. The molecule has 0 saturated carbocycles. The van der Waals surface area contributed by atoms with Gasteiger partial charge in [0, 0.05) is 45.9 Å². The van der Waals surface area contributed by atoms with E-state index in [0.717, 1.165) is 22.3 Å². The van der Waals surface area contributed by atoms with Crippen molar-refractivity contribution in [2.45, 2.75) is 0 Å². The Kier molecular flexibility index (Phi) is 5.31. The second-order valence-corrected chi connectivity index (χ2v) is 12.1. The van der Waals surface area contributed by atoms with Crippen LogP contribution in [-0.2, 0) is 0 Å². The average Bonchev–Trinajstić information content (AvgIpc) is 3.59. The van der Waals surface area contributed by atoms with E-state index in [1.807, 2.05) is 40.9 Å². The van der Waals surface area contributed by atoms with Gasteiger partial charge in [0.1, 0.15) is 0 Å². The fraction of sp³-hybridized carbons (Fsp3) is 0. The molecule has 0 unspecified atom stereocenters. The summed E-state index contributed by atoms with van der Waals surface area (Å²) in [5.41, 5.74) is 7.44. The van der Waals surface area contributed by atoms with Crippen molar-refractivity contribution in [2.75, 3.05) is 0 Å². The van der Waals surface area contributed by atoms with Crippen LogP contribution in [0.25, 0.3) is 73.7 Å². The fourth-order valence-electron chi connectivity index (χ4n) is 5.96.